The Labute approximate surface area is 91.7 Å². The van der Waals surface area contributed by atoms with Crippen LogP contribution in [0.15, 0.2) is 24.3 Å². The second-order valence-corrected chi connectivity index (χ2v) is 3.18. The molecule has 15 heavy (non-hydrogen) atoms. The van der Waals surface area contributed by atoms with Crippen molar-refractivity contribution in [2.75, 3.05) is 0 Å². The molecular formula is C10H9ClO4. The lowest BCUT2D eigenvalue weighted by atomic mass is 10.3. The van der Waals surface area contributed by atoms with E-state index in [0.717, 1.165) is 0 Å². The van der Waals surface area contributed by atoms with Gasteiger partial charge in [0.25, 0.3) is 0 Å². The Bertz CT molecular complexity index is 347. The van der Waals surface area contributed by atoms with Gasteiger partial charge in [-0.15, -0.1) is 0 Å². The fraction of sp³-hybridized carbons (Fsp3) is 0.200. The maximum Gasteiger partial charge on any atom is 0.354 e. The summed E-state index contributed by atoms with van der Waals surface area (Å²) in [6.45, 7) is 1.56. The zero-order chi connectivity index (χ0) is 11.3. The van der Waals surface area contributed by atoms with Gasteiger partial charge in [0.1, 0.15) is 5.75 Å². The van der Waals surface area contributed by atoms with Crippen LogP contribution in [0, 0.1) is 0 Å². The molecule has 1 aromatic carbocycles. The van der Waals surface area contributed by atoms with E-state index in [2.05, 4.69) is 4.74 Å². The van der Waals surface area contributed by atoms with E-state index in [1.54, 1.807) is 24.3 Å². The van der Waals surface area contributed by atoms with Crippen LogP contribution in [0.25, 0.3) is 0 Å². The highest BCUT2D eigenvalue weighted by molar-refractivity contribution is 6.30. The summed E-state index contributed by atoms with van der Waals surface area (Å²) in [5, 5.41) is 0.575. The van der Waals surface area contributed by atoms with E-state index in [1.807, 2.05) is 0 Å². The third-order valence-corrected chi connectivity index (χ3v) is 1.87. The van der Waals surface area contributed by atoms with Gasteiger partial charge in [0.15, 0.2) is 6.10 Å². The van der Waals surface area contributed by atoms with E-state index in [9.17, 15) is 9.59 Å². The molecule has 0 bridgehead atoms. The van der Waals surface area contributed by atoms with Crippen molar-refractivity contribution >= 4 is 24.0 Å². The first kappa shape index (κ1) is 11.5. The Morgan fingerprint density at radius 3 is 2.53 bits per heavy atom. The Morgan fingerprint density at radius 1 is 1.40 bits per heavy atom. The molecule has 1 rings (SSSR count). The number of rotatable bonds is 4. The van der Waals surface area contributed by atoms with Crippen LogP contribution >= 0.6 is 11.6 Å². The predicted molar refractivity (Wildman–Crippen MR) is 53.7 cm³/mol. The third-order valence-electron chi connectivity index (χ3n) is 1.62. The Hall–Kier alpha value is -1.55. The highest BCUT2D eigenvalue weighted by Gasteiger charge is 2.15. The number of hydrogen-bond donors (Lipinski definition) is 0. The molecule has 0 spiro atoms. The maximum absolute atomic E-state index is 11.0. The topological polar surface area (TPSA) is 52.6 Å². The fourth-order valence-corrected chi connectivity index (χ4v) is 1.03. The summed E-state index contributed by atoms with van der Waals surface area (Å²) in [5.41, 5.74) is 0. The number of benzene rings is 1. The summed E-state index contributed by atoms with van der Waals surface area (Å²) in [7, 11) is 0. The molecular weight excluding hydrogens is 220 g/mol. The number of esters is 1. The van der Waals surface area contributed by atoms with Gasteiger partial charge in [-0.1, -0.05) is 11.6 Å². The summed E-state index contributed by atoms with van der Waals surface area (Å²) in [4.78, 5) is 20.9. The lowest BCUT2D eigenvalue weighted by Crippen LogP contribution is -2.25. The molecule has 5 heteroatoms. The molecule has 0 radical (unpaired) electrons. The monoisotopic (exact) mass is 228 g/mol. The number of carbonyl (C=O) groups is 2. The predicted octanol–water partition coefficient (Wildman–Crippen LogP) is 1.81. The van der Waals surface area contributed by atoms with Gasteiger partial charge < -0.3 is 9.47 Å². The molecule has 0 aliphatic rings. The van der Waals surface area contributed by atoms with Crippen LogP contribution in [0.1, 0.15) is 6.92 Å². The van der Waals surface area contributed by atoms with Crippen LogP contribution < -0.4 is 4.74 Å². The van der Waals surface area contributed by atoms with Gasteiger partial charge in [-0.2, -0.15) is 0 Å². The Morgan fingerprint density at radius 2 is 2.00 bits per heavy atom. The SMILES string of the molecule is CC(Oc1ccc(Cl)cc1)C(=O)OC=O. The zero-order valence-electron chi connectivity index (χ0n) is 7.98. The highest BCUT2D eigenvalue weighted by Crippen LogP contribution is 2.16. The average Bonchev–Trinajstić information content (AvgIpc) is 2.22. The summed E-state index contributed by atoms with van der Waals surface area (Å²) in [6, 6.07) is 6.50. The minimum atomic E-state index is -0.837. The smallest absolute Gasteiger partial charge is 0.354 e. The van der Waals surface area contributed by atoms with Gasteiger partial charge in [0.2, 0.25) is 0 Å². The van der Waals surface area contributed by atoms with Crippen molar-refractivity contribution in [2.45, 2.75) is 13.0 Å². The Balaban J connectivity index is 2.57. The van der Waals surface area contributed by atoms with E-state index in [0.29, 0.717) is 10.8 Å². The summed E-state index contributed by atoms with van der Waals surface area (Å²) < 4.78 is 9.32. The molecule has 0 N–H and O–H groups in total. The lowest BCUT2D eigenvalue weighted by Gasteiger charge is -2.11. The average molecular weight is 229 g/mol. The quantitative estimate of drug-likeness (QED) is 0.448. The molecule has 1 aromatic rings. The molecule has 0 saturated heterocycles. The van der Waals surface area contributed by atoms with Crippen LogP contribution in [-0.2, 0) is 14.3 Å². The first-order valence-electron chi connectivity index (χ1n) is 4.20. The van der Waals surface area contributed by atoms with Crippen molar-refractivity contribution in [3.63, 3.8) is 0 Å². The highest BCUT2D eigenvalue weighted by atomic mass is 35.5. The van der Waals surface area contributed by atoms with Crippen LogP contribution in [0.4, 0.5) is 0 Å². The van der Waals surface area contributed by atoms with Crippen LogP contribution in [0.5, 0.6) is 5.75 Å². The second-order valence-electron chi connectivity index (χ2n) is 2.75. The number of ether oxygens (including phenoxy) is 2. The first-order chi connectivity index (χ1) is 7.13. The molecule has 0 fully saturated rings. The van der Waals surface area contributed by atoms with Crippen molar-refractivity contribution in [3.8, 4) is 5.75 Å². The largest absolute Gasteiger partial charge is 0.479 e. The lowest BCUT2D eigenvalue weighted by molar-refractivity contribution is -0.156. The van der Waals surface area contributed by atoms with Crippen molar-refractivity contribution in [1.82, 2.24) is 0 Å². The number of hydrogen-bond acceptors (Lipinski definition) is 4. The molecule has 0 heterocycles. The van der Waals surface area contributed by atoms with Gasteiger partial charge >= 0.3 is 12.4 Å². The van der Waals surface area contributed by atoms with Gasteiger partial charge in [-0.05, 0) is 31.2 Å². The summed E-state index contributed by atoms with van der Waals surface area (Å²) in [6.07, 6.45) is -0.837. The summed E-state index contributed by atoms with van der Waals surface area (Å²) >= 11 is 5.67. The van der Waals surface area contributed by atoms with E-state index >= 15 is 0 Å². The maximum atomic E-state index is 11.0. The van der Waals surface area contributed by atoms with E-state index < -0.39 is 12.1 Å². The number of carbonyl (C=O) groups excluding carboxylic acids is 2. The molecule has 80 valence electrons. The molecule has 1 atom stereocenters. The van der Waals surface area contributed by atoms with Crippen molar-refractivity contribution in [1.29, 1.82) is 0 Å². The first-order valence-corrected chi connectivity index (χ1v) is 4.57. The normalized spacial score (nSPS) is 11.6. The van der Waals surface area contributed by atoms with Gasteiger partial charge in [0.05, 0.1) is 0 Å². The molecule has 4 nitrogen and oxygen atoms in total. The fourth-order valence-electron chi connectivity index (χ4n) is 0.909. The molecule has 0 aromatic heterocycles. The second kappa shape index (κ2) is 5.36. The standard InChI is InChI=1S/C10H9ClO4/c1-7(10(13)14-6-12)15-9-4-2-8(11)3-5-9/h2-7H,1H3. The van der Waals surface area contributed by atoms with Gasteiger partial charge in [-0.25, -0.2) is 4.79 Å². The van der Waals surface area contributed by atoms with Crippen molar-refractivity contribution in [2.24, 2.45) is 0 Å². The van der Waals surface area contributed by atoms with Gasteiger partial charge in [0, 0.05) is 5.02 Å². The molecule has 0 aliphatic heterocycles. The van der Waals surface area contributed by atoms with Crippen LogP contribution in [0.2, 0.25) is 5.02 Å². The van der Waals surface area contributed by atoms with E-state index in [-0.39, 0.29) is 6.47 Å². The van der Waals surface area contributed by atoms with Crippen molar-refractivity contribution in [3.05, 3.63) is 29.3 Å². The van der Waals surface area contributed by atoms with Crippen LogP contribution in [-0.4, -0.2) is 18.5 Å². The minimum absolute atomic E-state index is 0.0735. The van der Waals surface area contributed by atoms with Gasteiger partial charge in [-0.3, -0.25) is 4.79 Å². The molecule has 0 aliphatic carbocycles. The zero-order valence-corrected chi connectivity index (χ0v) is 8.73. The van der Waals surface area contributed by atoms with E-state index in [1.165, 1.54) is 6.92 Å². The van der Waals surface area contributed by atoms with Crippen LogP contribution in [0.3, 0.4) is 0 Å². The molecule has 0 saturated carbocycles. The molecule has 0 amide bonds. The third kappa shape index (κ3) is 3.59. The summed E-state index contributed by atoms with van der Waals surface area (Å²) in [5.74, 6) is -0.255. The van der Waals surface area contributed by atoms with Crippen molar-refractivity contribution < 1.29 is 19.1 Å². The molecule has 1 unspecified atom stereocenters. The Kier molecular flexibility index (Phi) is 4.12. The number of halogens is 1. The minimum Gasteiger partial charge on any atom is -0.479 e. The van der Waals surface area contributed by atoms with E-state index in [4.69, 9.17) is 16.3 Å².